The second-order valence-corrected chi connectivity index (χ2v) is 4.74. The summed E-state index contributed by atoms with van der Waals surface area (Å²) in [6.07, 6.45) is 1.52. The van der Waals surface area contributed by atoms with Gasteiger partial charge in [0.2, 0.25) is 5.78 Å². The quantitative estimate of drug-likeness (QED) is 0.789. The van der Waals surface area contributed by atoms with E-state index >= 15 is 0 Å². The Bertz CT molecular complexity index is 530. The van der Waals surface area contributed by atoms with E-state index in [-0.39, 0.29) is 5.78 Å². The number of thiophene rings is 1. The van der Waals surface area contributed by atoms with Crippen molar-refractivity contribution in [2.24, 2.45) is 0 Å². The minimum Gasteiger partial charge on any atom is -0.286 e. The first-order chi connectivity index (χ1) is 7.65. The molecule has 0 aliphatic rings. The van der Waals surface area contributed by atoms with E-state index in [1.807, 2.05) is 25.3 Å². The molecule has 0 unspecified atom stereocenters. The molecule has 0 aromatic carbocycles. The molecule has 0 N–H and O–H groups in total. The highest BCUT2D eigenvalue weighted by Crippen LogP contribution is 2.24. The monoisotopic (exact) mass is 254 g/mol. The summed E-state index contributed by atoms with van der Waals surface area (Å²) in [6, 6.07) is 1.93. The molecular formula is C11H11ClN2OS. The Hall–Kier alpha value is -1.13. The highest BCUT2D eigenvalue weighted by Gasteiger charge is 2.20. The van der Waals surface area contributed by atoms with Crippen molar-refractivity contribution in [3.05, 3.63) is 38.8 Å². The maximum absolute atomic E-state index is 12.3. The van der Waals surface area contributed by atoms with E-state index in [1.54, 1.807) is 4.68 Å². The number of ketones is 1. The second-order valence-electron chi connectivity index (χ2n) is 3.42. The van der Waals surface area contributed by atoms with Crippen molar-refractivity contribution >= 4 is 28.7 Å². The van der Waals surface area contributed by atoms with Gasteiger partial charge in [0.05, 0.1) is 16.1 Å². The number of aryl methyl sites for hydroxylation is 2. The van der Waals surface area contributed by atoms with Gasteiger partial charge < -0.3 is 0 Å². The summed E-state index contributed by atoms with van der Waals surface area (Å²) in [5.74, 6) is -0.0446. The van der Waals surface area contributed by atoms with Gasteiger partial charge in [0.25, 0.3) is 0 Å². The number of rotatable bonds is 3. The fraction of sp³-hybridized carbons (Fsp3) is 0.273. The van der Waals surface area contributed by atoms with E-state index < -0.39 is 0 Å². The third-order valence-electron chi connectivity index (χ3n) is 2.38. The Morgan fingerprint density at radius 2 is 2.38 bits per heavy atom. The van der Waals surface area contributed by atoms with Gasteiger partial charge >= 0.3 is 0 Å². The largest absolute Gasteiger partial charge is 0.286 e. The van der Waals surface area contributed by atoms with Gasteiger partial charge in [-0.2, -0.15) is 5.10 Å². The Morgan fingerprint density at radius 1 is 1.62 bits per heavy atom. The van der Waals surface area contributed by atoms with E-state index in [2.05, 4.69) is 5.10 Å². The van der Waals surface area contributed by atoms with Crippen LogP contribution in [0.3, 0.4) is 0 Å². The first-order valence-corrected chi connectivity index (χ1v) is 6.21. The lowest BCUT2D eigenvalue weighted by Gasteiger charge is -2.03. The number of nitrogens with zero attached hydrogens (tertiary/aromatic N) is 2. The molecule has 0 aliphatic carbocycles. The molecule has 0 saturated heterocycles. The molecule has 2 aromatic rings. The number of carbonyl (C=O) groups is 1. The molecule has 2 rings (SSSR count). The van der Waals surface area contributed by atoms with Crippen LogP contribution in [0.15, 0.2) is 17.6 Å². The summed E-state index contributed by atoms with van der Waals surface area (Å²) in [6.45, 7) is 4.49. The molecular weight excluding hydrogens is 244 g/mol. The van der Waals surface area contributed by atoms with Crippen molar-refractivity contribution < 1.29 is 4.79 Å². The van der Waals surface area contributed by atoms with Gasteiger partial charge in [0.15, 0.2) is 0 Å². The van der Waals surface area contributed by atoms with Crippen LogP contribution >= 0.6 is 22.9 Å². The van der Waals surface area contributed by atoms with Gasteiger partial charge in [-0.3, -0.25) is 9.48 Å². The third-order valence-corrected chi connectivity index (χ3v) is 3.67. The van der Waals surface area contributed by atoms with Crippen molar-refractivity contribution in [3.8, 4) is 0 Å². The number of aromatic nitrogens is 2. The van der Waals surface area contributed by atoms with E-state index in [0.717, 1.165) is 10.4 Å². The van der Waals surface area contributed by atoms with Crippen LogP contribution in [0.1, 0.15) is 27.9 Å². The summed E-state index contributed by atoms with van der Waals surface area (Å²) in [7, 11) is 0. The molecule has 3 nitrogen and oxygen atoms in total. The van der Waals surface area contributed by atoms with E-state index in [0.29, 0.717) is 17.3 Å². The Morgan fingerprint density at radius 3 is 2.94 bits per heavy atom. The standard InChI is InChI=1S/C11H11ClN2OS/c1-3-14-9(8(12)6-13-14)10(15)11-7(2)4-5-16-11/h4-6H,3H2,1-2H3. The summed E-state index contributed by atoms with van der Waals surface area (Å²) < 4.78 is 1.63. The minimum absolute atomic E-state index is 0.0446. The van der Waals surface area contributed by atoms with Crippen molar-refractivity contribution in [2.45, 2.75) is 20.4 Å². The SMILES string of the molecule is CCn1ncc(Cl)c1C(=O)c1sccc1C. The zero-order valence-corrected chi connectivity index (χ0v) is 10.6. The van der Waals surface area contributed by atoms with Gasteiger partial charge in [-0.25, -0.2) is 0 Å². The van der Waals surface area contributed by atoms with Gasteiger partial charge in [0, 0.05) is 6.54 Å². The molecule has 0 fully saturated rings. The highest BCUT2D eigenvalue weighted by atomic mass is 35.5. The topological polar surface area (TPSA) is 34.9 Å². The summed E-state index contributed by atoms with van der Waals surface area (Å²) in [5.41, 5.74) is 1.46. The maximum atomic E-state index is 12.3. The molecule has 0 spiro atoms. The van der Waals surface area contributed by atoms with Gasteiger partial charge in [-0.15, -0.1) is 11.3 Å². The normalized spacial score (nSPS) is 10.7. The maximum Gasteiger partial charge on any atom is 0.222 e. The molecule has 0 aliphatic heterocycles. The molecule has 0 saturated carbocycles. The van der Waals surface area contributed by atoms with E-state index in [4.69, 9.17) is 11.6 Å². The Balaban J connectivity index is 2.49. The zero-order chi connectivity index (χ0) is 11.7. The Kier molecular flexibility index (Phi) is 3.12. The van der Waals surface area contributed by atoms with Crippen LogP contribution in [0.5, 0.6) is 0 Å². The van der Waals surface area contributed by atoms with Gasteiger partial charge in [-0.1, -0.05) is 11.6 Å². The molecule has 2 heterocycles. The number of halogens is 1. The van der Waals surface area contributed by atoms with Crippen molar-refractivity contribution in [1.29, 1.82) is 0 Å². The van der Waals surface area contributed by atoms with Crippen LogP contribution in [0, 0.1) is 6.92 Å². The van der Waals surface area contributed by atoms with E-state index in [1.165, 1.54) is 17.5 Å². The molecule has 5 heteroatoms. The van der Waals surface area contributed by atoms with Crippen molar-refractivity contribution in [2.75, 3.05) is 0 Å². The summed E-state index contributed by atoms with van der Waals surface area (Å²) >= 11 is 7.42. The second kappa shape index (κ2) is 4.39. The smallest absolute Gasteiger partial charge is 0.222 e. The number of hydrogen-bond donors (Lipinski definition) is 0. The summed E-state index contributed by atoms with van der Waals surface area (Å²) in [5, 5.41) is 6.39. The lowest BCUT2D eigenvalue weighted by Crippen LogP contribution is -2.10. The lowest BCUT2D eigenvalue weighted by atomic mass is 10.2. The molecule has 84 valence electrons. The van der Waals surface area contributed by atoms with Gasteiger partial charge in [0.1, 0.15) is 5.69 Å². The van der Waals surface area contributed by atoms with Crippen LogP contribution < -0.4 is 0 Å². The fourth-order valence-corrected chi connectivity index (χ4v) is 2.63. The summed E-state index contributed by atoms with van der Waals surface area (Å²) in [4.78, 5) is 13.0. The molecule has 16 heavy (non-hydrogen) atoms. The molecule has 0 bridgehead atoms. The first kappa shape index (κ1) is 11.4. The van der Waals surface area contributed by atoms with Crippen LogP contribution in [0.2, 0.25) is 5.02 Å². The van der Waals surface area contributed by atoms with Crippen LogP contribution in [-0.2, 0) is 6.54 Å². The zero-order valence-electron chi connectivity index (χ0n) is 9.03. The average molecular weight is 255 g/mol. The lowest BCUT2D eigenvalue weighted by molar-refractivity contribution is 0.103. The minimum atomic E-state index is -0.0446. The van der Waals surface area contributed by atoms with Gasteiger partial charge in [-0.05, 0) is 30.9 Å². The average Bonchev–Trinajstić information content (AvgIpc) is 2.83. The predicted octanol–water partition coefficient (Wildman–Crippen LogP) is 3.16. The third kappa shape index (κ3) is 1.79. The van der Waals surface area contributed by atoms with Crippen LogP contribution in [0.25, 0.3) is 0 Å². The van der Waals surface area contributed by atoms with Crippen molar-refractivity contribution in [3.63, 3.8) is 0 Å². The van der Waals surface area contributed by atoms with Crippen LogP contribution in [-0.4, -0.2) is 15.6 Å². The number of carbonyl (C=O) groups excluding carboxylic acids is 1. The predicted molar refractivity (Wildman–Crippen MR) is 65.4 cm³/mol. The molecule has 0 atom stereocenters. The Labute approximate surface area is 103 Å². The molecule has 0 radical (unpaired) electrons. The molecule has 0 amide bonds. The molecule has 2 aromatic heterocycles. The van der Waals surface area contributed by atoms with E-state index in [9.17, 15) is 4.79 Å². The first-order valence-electron chi connectivity index (χ1n) is 4.95. The van der Waals surface area contributed by atoms with Crippen LogP contribution in [0.4, 0.5) is 0 Å². The number of hydrogen-bond acceptors (Lipinski definition) is 3. The van der Waals surface area contributed by atoms with Crippen molar-refractivity contribution in [1.82, 2.24) is 9.78 Å². The fourth-order valence-electron chi connectivity index (χ4n) is 1.54. The highest BCUT2D eigenvalue weighted by molar-refractivity contribution is 7.12.